The highest BCUT2D eigenvalue weighted by Crippen LogP contribution is 2.26. The molecule has 0 radical (unpaired) electrons. The molecule has 2 rings (SSSR count). The SMILES string of the molecule is CNc1cc(C(=O)N2CCCC(O)C2)ccc1[N+](=O)[O-]. The van der Waals surface area contributed by atoms with Crippen LogP contribution in [-0.4, -0.2) is 47.1 Å². The number of benzene rings is 1. The van der Waals surface area contributed by atoms with E-state index in [-0.39, 0.29) is 11.6 Å². The fraction of sp³-hybridized carbons (Fsp3) is 0.462. The van der Waals surface area contributed by atoms with Gasteiger partial charge in [0.25, 0.3) is 11.6 Å². The molecule has 0 aliphatic carbocycles. The van der Waals surface area contributed by atoms with Crippen molar-refractivity contribution in [3.63, 3.8) is 0 Å². The van der Waals surface area contributed by atoms with Crippen LogP contribution in [0.4, 0.5) is 11.4 Å². The highest BCUT2D eigenvalue weighted by atomic mass is 16.6. The van der Waals surface area contributed by atoms with Crippen molar-refractivity contribution in [2.45, 2.75) is 18.9 Å². The molecule has 1 aromatic rings. The summed E-state index contributed by atoms with van der Waals surface area (Å²) in [5.41, 5.74) is 0.621. The van der Waals surface area contributed by atoms with E-state index in [2.05, 4.69) is 5.32 Å². The van der Waals surface area contributed by atoms with Gasteiger partial charge in [-0.3, -0.25) is 14.9 Å². The van der Waals surface area contributed by atoms with E-state index in [1.807, 2.05) is 0 Å². The Hall–Kier alpha value is -2.15. The van der Waals surface area contributed by atoms with E-state index in [1.165, 1.54) is 18.2 Å². The number of nitro groups is 1. The summed E-state index contributed by atoms with van der Waals surface area (Å²) in [6.07, 6.45) is 0.972. The summed E-state index contributed by atoms with van der Waals surface area (Å²) in [4.78, 5) is 24.2. The number of nitro benzene ring substituents is 1. The van der Waals surface area contributed by atoms with Gasteiger partial charge in [0.2, 0.25) is 0 Å². The van der Waals surface area contributed by atoms with Gasteiger partial charge in [0.1, 0.15) is 5.69 Å². The van der Waals surface area contributed by atoms with Crippen LogP contribution in [0, 0.1) is 10.1 Å². The Morgan fingerprint density at radius 1 is 1.55 bits per heavy atom. The fourth-order valence-corrected chi connectivity index (χ4v) is 2.35. The maximum atomic E-state index is 12.3. The van der Waals surface area contributed by atoms with Crippen molar-refractivity contribution in [1.29, 1.82) is 0 Å². The zero-order valence-corrected chi connectivity index (χ0v) is 11.2. The summed E-state index contributed by atoms with van der Waals surface area (Å²) >= 11 is 0. The quantitative estimate of drug-likeness (QED) is 0.641. The summed E-state index contributed by atoms with van der Waals surface area (Å²) < 4.78 is 0. The van der Waals surface area contributed by atoms with Crippen molar-refractivity contribution >= 4 is 17.3 Å². The minimum atomic E-state index is -0.495. The van der Waals surface area contributed by atoms with Gasteiger partial charge in [0.05, 0.1) is 11.0 Å². The molecule has 108 valence electrons. The van der Waals surface area contributed by atoms with Crippen LogP contribution in [0.1, 0.15) is 23.2 Å². The maximum absolute atomic E-state index is 12.3. The molecule has 1 unspecified atom stereocenters. The largest absolute Gasteiger partial charge is 0.391 e. The molecule has 7 heteroatoms. The summed E-state index contributed by atoms with van der Waals surface area (Å²) in [5, 5.41) is 23.2. The number of hydrogen-bond acceptors (Lipinski definition) is 5. The van der Waals surface area contributed by atoms with Gasteiger partial charge in [-0.15, -0.1) is 0 Å². The Labute approximate surface area is 116 Å². The minimum Gasteiger partial charge on any atom is -0.391 e. The van der Waals surface area contributed by atoms with Crippen molar-refractivity contribution in [2.75, 3.05) is 25.5 Å². The van der Waals surface area contributed by atoms with Gasteiger partial charge < -0.3 is 15.3 Å². The average Bonchev–Trinajstić information content (AvgIpc) is 2.45. The number of β-amino-alcohol motifs (C(OH)–C–C–N with tert-alkyl or cyclic N) is 1. The number of amides is 1. The first-order valence-electron chi connectivity index (χ1n) is 6.46. The summed E-state index contributed by atoms with van der Waals surface area (Å²) in [5.74, 6) is -0.213. The van der Waals surface area contributed by atoms with Gasteiger partial charge in [-0.2, -0.15) is 0 Å². The molecule has 0 saturated carbocycles. The monoisotopic (exact) mass is 279 g/mol. The Morgan fingerprint density at radius 3 is 2.90 bits per heavy atom. The van der Waals surface area contributed by atoms with E-state index in [4.69, 9.17) is 0 Å². The Morgan fingerprint density at radius 2 is 2.30 bits per heavy atom. The fourth-order valence-electron chi connectivity index (χ4n) is 2.35. The zero-order valence-electron chi connectivity index (χ0n) is 11.2. The predicted octanol–water partition coefficient (Wildman–Crippen LogP) is 1.23. The Balaban J connectivity index is 2.24. The molecule has 1 aromatic carbocycles. The molecule has 0 aromatic heterocycles. The Kier molecular flexibility index (Phi) is 4.19. The Bertz CT molecular complexity index is 532. The predicted molar refractivity (Wildman–Crippen MR) is 73.8 cm³/mol. The van der Waals surface area contributed by atoms with Crippen LogP contribution in [0.5, 0.6) is 0 Å². The van der Waals surface area contributed by atoms with Gasteiger partial charge in [-0.05, 0) is 25.0 Å². The minimum absolute atomic E-state index is 0.0669. The number of nitrogens with zero attached hydrogens (tertiary/aromatic N) is 2. The smallest absolute Gasteiger partial charge is 0.292 e. The number of carbonyl (C=O) groups excluding carboxylic acids is 1. The molecular formula is C13H17N3O4. The van der Waals surface area contributed by atoms with Crippen LogP contribution in [0.15, 0.2) is 18.2 Å². The second-order valence-electron chi connectivity index (χ2n) is 4.79. The summed E-state index contributed by atoms with van der Waals surface area (Å²) in [6, 6.07) is 4.24. The molecule has 1 aliphatic heterocycles. The average molecular weight is 279 g/mol. The number of anilines is 1. The van der Waals surface area contributed by atoms with Gasteiger partial charge >= 0.3 is 0 Å². The van der Waals surface area contributed by atoms with E-state index in [1.54, 1.807) is 11.9 Å². The van der Waals surface area contributed by atoms with E-state index in [0.717, 1.165) is 6.42 Å². The van der Waals surface area contributed by atoms with Gasteiger partial charge in [0, 0.05) is 31.8 Å². The lowest BCUT2D eigenvalue weighted by atomic mass is 10.1. The lowest BCUT2D eigenvalue weighted by molar-refractivity contribution is -0.383. The number of likely N-dealkylation sites (tertiary alicyclic amines) is 1. The highest BCUT2D eigenvalue weighted by molar-refractivity contribution is 5.96. The number of hydrogen-bond donors (Lipinski definition) is 2. The molecule has 0 bridgehead atoms. The molecule has 1 amide bonds. The molecule has 1 atom stereocenters. The van der Waals surface area contributed by atoms with Crippen molar-refractivity contribution in [1.82, 2.24) is 4.90 Å². The number of piperidine rings is 1. The number of rotatable bonds is 3. The zero-order chi connectivity index (χ0) is 14.7. The topological polar surface area (TPSA) is 95.7 Å². The van der Waals surface area contributed by atoms with Crippen molar-refractivity contribution in [3.8, 4) is 0 Å². The molecule has 0 spiro atoms. The molecule has 1 fully saturated rings. The van der Waals surface area contributed by atoms with Crippen LogP contribution in [0.2, 0.25) is 0 Å². The van der Waals surface area contributed by atoms with Crippen LogP contribution in [0.3, 0.4) is 0 Å². The number of carbonyl (C=O) groups is 1. The molecule has 2 N–H and O–H groups in total. The second-order valence-corrected chi connectivity index (χ2v) is 4.79. The van der Waals surface area contributed by atoms with Crippen LogP contribution < -0.4 is 5.32 Å². The standard InChI is InChI=1S/C13H17N3O4/c1-14-11-7-9(4-5-12(11)16(19)20)13(18)15-6-2-3-10(17)8-15/h4-5,7,10,14,17H,2-3,6,8H2,1H3. The summed E-state index contributed by atoms with van der Waals surface area (Å²) in [7, 11) is 1.57. The molecule has 1 heterocycles. The maximum Gasteiger partial charge on any atom is 0.292 e. The lowest BCUT2D eigenvalue weighted by Crippen LogP contribution is -2.42. The van der Waals surface area contributed by atoms with Crippen molar-refractivity contribution < 1.29 is 14.8 Å². The van der Waals surface area contributed by atoms with Gasteiger partial charge in [-0.25, -0.2) is 0 Å². The molecule has 7 nitrogen and oxygen atoms in total. The third kappa shape index (κ3) is 2.88. The third-order valence-corrected chi connectivity index (χ3v) is 3.39. The van der Waals surface area contributed by atoms with E-state index >= 15 is 0 Å². The van der Waals surface area contributed by atoms with Crippen molar-refractivity contribution in [3.05, 3.63) is 33.9 Å². The van der Waals surface area contributed by atoms with E-state index < -0.39 is 11.0 Å². The first-order chi connectivity index (χ1) is 9.52. The lowest BCUT2D eigenvalue weighted by Gasteiger charge is -2.30. The number of nitrogens with one attached hydrogen (secondary N) is 1. The van der Waals surface area contributed by atoms with E-state index in [0.29, 0.717) is 30.8 Å². The summed E-state index contributed by atoms with van der Waals surface area (Å²) in [6.45, 7) is 0.909. The van der Waals surface area contributed by atoms with Crippen LogP contribution in [0.25, 0.3) is 0 Å². The second kappa shape index (κ2) is 5.87. The van der Waals surface area contributed by atoms with Crippen LogP contribution >= 0.6 is 0 Å². The molecule has 1 saturated heterocycles. The molecule has 1 aliphatic rings. The first kappa shape index (κ1) is 14.3. The highest BCUT2D eigenvalue weighted by Gasteiger charge is 2.24. The van der Waals surface area contributed by atoms with E-state index in [9.17, 15) is 20.0 Å². The number of aliphatic hydroxyl groups is 1. The molecule has 20 heavy (non-hydrogen) atoms. The van der Waals surface area contributed by atoms with Gasteiger partial charge in [-0.1, -0.05) is 0 Å². The van der Waals surface area contributed by atoms with Gasteiger partial charge in [0.15, 0.2) is 0 Å². The van der Waals surface area contributed by atoms with Crippen LogP contribution in [-0.2, 0) is 0 Å². The third-order valence-electron chi connectivity index (χ3n) is 3.39. The number of aliphatic hydroxyl groups excluding tert-OH is 1. The molecular weight excluding hydrogens is 262 g/mol. The normalized spacial score (nSPS) is 18.7. The first-order valence-corrected chi connectivity index (χ1v) is 6.46. The van der Waals surface area contributed by atoms with Crippen molar-refractivity contribution in [2.24, 2.45) is 0 Å².